The molecule has 27 heavy (non-hydrogen) atoms. The van der Waals surface area contributed by atoms with Crippen LogP contribution < -0.4 is 4.74 Å². The number of aryl methyl sites for hydroxylation is 1. The lowest BCUT2D eigenvalue weighted by molar-refractivity contribution is 0.0370. The van der Waals surface area contributed by atoms with Gasteiger partial charge < -0.3 is 14.2 Å². The molecule has 0 N–H and O–H groups in total. The van der Waals surface area contributed by atoms with Crippen molar-refractivity contribution < 1.29 is 26.8 Å². The van der Waals surface area contributed by atoms with Gasteiger partial charge in [-0.2, -0.15) is 8.42 Å². The first-order valence-electron chi connectivity index (χ1n) is 8.76. The number of ether oxygens (including phenoxy) is 3. The van der Waals surface area contributed by atoms with Gasteiger partial charge in [-0.1, -0.05) is 29.8 Å². The van der Waals surface area contributed by atoms with Gasteiger partial charge in [0.2, 0.25) is 0 Å². The SMILES string of the molecule is COc1ccc(COCCOCCCOS(=O)(=O)c2ccc(C)cc2)cc1. The first-order valence-corrected chi connectivity index (χ1v) is 10.2. The van der Waals surface area contributed by atoms with Crippen LogP contribution in [0.3, 0.4) is 0 Å². The molecule has 0 fully saturated rings. The van der Waals surface area contributed by atoms with Gasteiger partial charge in [-0.3, -0.25) is 4.18 Å². The molecule has 0 aromatic heterocycles. The Morgan fingerprint density at radius 2 is 1.48 bits per heavy atom. The van der Waals surface area contributed by atoms with Gasteiger partial charge in [-0.15, -0.1) is 0 Å². The zero-order valence-corrected chi connectivity index (χ0v) is 16.5. The van der Waals surface area contributed by atoms with Gasteiger partial charge in [-0.25, -0.2) is 0 Å². The molecule has 0 aliphatic rings. The molecule has 0 spiro atoms. The lowest BCUT2D eigenvalue weighted by Gasteiger charge is -2.08. The standard InChI is InChI=1S/C20H26O6S/c1-17-4-10-20(11-5-17)27(21,22)26-13-3-12-24-14-15-25-16-18-6-8-19(23-2)9-7-18/h4-11H,3,12-16H2,1-2H3. The summed E-state index contributed by atoms with van der Waals surface area (Å²) in [5.74, 6) is 0.814. The van der Waals surface area contributed by atoms with Crippen LogP contribution in [-0.4, -0.2) is 42.0 Å². The Morgan fingerprint density at radius 1 is 0.815 bits per heavy atom. The van der Waals surface area contributed by atoms with Crippen molar-refractivity contribution in [2.75, 3.05) is 33.5 Å². The smallest absolute Gasteiger partial charge is 0.296 e. The number of hydrogen-bond acceptors (Lipinski definition) is 6. The Kier molecular flexibility index (Phi) is 8.74. The summed E-state index contributed by atoms with van der Waals surface area (Å²) in [6.07, 6.45) is 0.490. The van der Waals surface area contributed by atoms with Crippen molar-refractivity contribution in [1.29, 1.82) is 0 Å². The van der Waals surface area contributed by atoms with E-state index in [2.05, 4.69) is 0 Å². The minimum absolute atomic E-state index is 0.0862. The molecule has 0 saturated carbocycles. The van der Waals surface area contributed by atoms with Crippen LogP contribution in [0, 0.1) is 6.92 Å². The van der Waals surface area contributed by atoms with Crippen molar-refractivity contribution in [2.45, 2.75) is 24.8 Å². The predicted molar refractivity (Wildman–Crippen MR) is 102 cm³/mol. The third-order valence-corrected chi connectivity index (χ3v) is 5.11. The Morgan fingerprint density at radius 3 is 2.15 bits per heavy atom. The predicted octanol–water partition coefficient (Wildman–Crippen LogP) is 3.33. The highest BCUT2D eigenvalue weighted by Crippen LogP contribution is 2.13. The Bertz CT molecular complexity index is 769. The minimum atomic E-state index is -3.70. The van der Waals surface area contributed by atoms with E-state index in [4.69, 9.17) is 18.4 Å². The summed E-state index contributed by atoms with van der Waals surface area (Å²) in [4.78, 5) is 0.168. The fraction of sp³-hybridized carbons (Fsp3) is 0.400. The lowest BCUT2D eigenvalue weighted by atomic mass is 10.2. The Labute approximate surface area is 161 Å². The molecule has 0 bridgehead atoms. The molecule has 0 aliphatic heterocycles. The molecule has 148 valence electrons. The molecule has 0 radical (unpaired) electrons. The molecule has 0 heterocycles. The van der Waals surface area contributed by atoms with E-state index in [0.29, 0.717) is 32.8 Å². The van der Waals surface area contributed by atoms with Crippen molar-refractivity contribution >= 4 is 10.1 Å². The van der Waals surface area contributed by atoms with Crippen LogP contribution in [0.1, 0.15) is 17.5 Å². The van der Waals surface area contributed by atoms with Crippen LogP contribution in [0.4, 0.5) is 0 Å². The van der Waals surface area contributed by atoms with E-state index >= 15 is 0 Å². The number of benzene rings is 2. The van der Waals surface area contributed by atoms with Crippen molar-refractivity contribution in [2.24, 2.45) is 0 Å². The highest BCUT2D eigenvalue weighted by molar-refractivity contribution is 7.86. The Balaban J connectivity index is 1.52. The molecule has 0 aliphatic carbocycles. The molecule has 0 atom stereocenters. The van der Waals surface area contributed by atoms with E-state index in [1.54, 1.807) is 31.4 Å². The summed E-state index contributed by atoms with van der Waals surface area (Å²) >= 11 is 0. The van der Waals surface area contributed by atoms with E-state index in [-0.39, 0.29) is 11.5 Å². The van der Waals surface area contributed by atoms with Gasteiger partial charge in [-0.05, 0) is 43.2 Å². The quantitative estimate of drug-likeness (QED) is 0.406. The summed E-state index contributed by atoms with van der Waals surface area (Å²) in [5, 5.41) is 0. The average molecular weight is 394 g/mol. The first-order chi connectivity index (χ1) is 13.0. The summed E-state index contributed by atoms with van der Waals surface area (Å²) in [6, 6.07) is 14.2. The highest BCUT2D eigenvalue weighted by atomic mass is 32.2. The van der Waals surface area contributed by atoms with Crippen molar-refractivity contribution in [3.05, 3.63) is 59.7 Å². The molecule has 2 aromatic carbocycles. The monoisotopic (exact) mass is 394 g/mol. The molecule has 0 amide bonds. The lowest BCUT2D eigenvalue weighted by Crippen LogP contribution is -2.10. The molecule has 2 aromatic rings. The highest BCUT2D eigenvalue weighted by Gasteiger charge is 2.14. The van der Waals surface area contributed by atoms with Crippen molar-refractivity contribution in [3.8, 4) is 5.75 Å². The van der Waals surface area contributed by atoms with Gasteiger partial charge in [0.15, 0.2) is 0 Å². The van der Waals surface area contributed by atoms with Gasteiger partial charge in [0, 0.05) is 6.61 Å². The van der Waals surface area contributed by atoms with Crippen LogP contribution in [-0.2, 0) is 30.4 Å². The van der Waals surface area contributed by atoms with Gasteiger partial charge >= 0.3 is 0 Å². The minimum Gasteiger partial charge on any atom is -0.497 e. The second kappa shape index (κ2) is 11.0. The van der Waals surface area contributed by atoms with E-state index in [1.807, 2.05) is 31.2 Å². The summed E-state index contributed by atoms with van der Waals surface area (Å²) < 4.78 is 45.1. The second-order valence-electron chi connectivity index (χ2n) is 5.96. The number of methoxy groups -OCH3 is 1. The molecule has 0 unspecified atom stereocenters. The van der Waals surface area contributed by atoms with Crippen molar-refractivity contribution in [1.82, 2.24) is 0 Å². The molecule has 0 saturated heterocycles. The van der Waals surface area contributed by atoms with E-state index < -0.39 is 10.1 Å². The van der Waals surface area contributed by atoms with E-state index in [1.165, 1.54) is 0 Å². The zero-order chi connectivity index (χ0) is 19.5. The third-order valence-electron chi connectivity index (χ3n) is 3.78. The summed E-state index contributed by atoms with van der Waals surface area (Å²) in [6.45, 7) is 3.81. The normalized spacial score (nSPS) is 11.5. The number of hydrogen-bond donors (Lipinski definition) is 0. The van der Waals surface area contributed by atoms with E-state index in [0.717, 1.165) is 16.9 Å². The van der Waals surface area contributed by atoms with Gasteiger partial charge in [0.25, 0.3) is 10.1 Å². The molecule has 7 heteroatoms. The zero-order valence-electron chi connectivity index (χ0n) is 15.7. The van der Waals surface area contributed by atoms with Crippen LogP contribution in [0.25, 0.3) is 0 Å². The largest absolute Gasteiger partial charge is 0.497 e. The van der Waals surface area contributed by atoms with Gasteiger partial charge in [0.05, 0.1) is 38.4 Å². The molecular weight excluding hydrogens is 368 g/mol. The fourth-order valence-electron chi connectivity index (χ4n) is 2.23. The summed E-state index contributed by atoms with van der Waals surface area (Å²) in [5.41, 5.74) is 2.06. The van der Waals surface area contributed by atoms with Crippen LogP contribution in [0.5, 0.6) is 5.75 Å². The third kappa shape index (κ3) is 7.68. The Hall–Kier alpha value is -1.93. The second-order valence-corrected chi connectivity index (χ2v) is 7.57. The van der Waals surface area contributed by atoms with Gasteiger partial charge in [0.1, 0.15) is 5.75 Å². The fourth-order valence-corrected chi connectivity index (χ4v) is 3.18. The van der Waals surface area contributed by atoms with E-state index in [9.17, 15) is 8.42 Å². The van der Waals surface area contributed by atoms with Crippen LogP contribution in [0.2, 0.25) is 0 Å². The van der Waals surface area contributed by atoms with Crippen LogP contribution >= 0.6 is 0 Å². The molecule has 6 nitrogen and oxygen atoms in total. The maximum atomic E-state index is 12.0. The topological polar surface area (TPSA) is 71.1 Å². The maximum absolute atomic E-state index is 12.0. The maximum Gasteiger partial charge on any atom is 0.296 e. The average Bonchev–Trinajstić information content (AvgIpc) is 2.67. The first kappa shape index (κ1) is 21.4. The van der Waals surface area contributed by atoms with Crippen LogP contribution in [0.15, 0.2) is 53.4 Å². The molecule has 2 rings (SSSR count). The summed E-state index contributed by atoms with van der Waals surface area (Å²) in [7, 11) is -2.07. The van der Waals surface area contributed by atoms with Crippen molar-refractivity contribution in [3.63, 3.8) is 0 Å². The number of rotatable bonds is 12. The molecular formula is C20H26O6S.